The molecule has 0 aliphatic carbocycles. The number of methoxy groups -OCH3 is 1. The number of nitro groups is 1. The number of rotatable bonds is 6. The topological polar surface area (TPSA) is 115 Å². The minimum absolute atomic E-state index is 0.0835. The van der Waals surface area contributed by atoms with Crippen LogP contribution in [0.25, 0.3) is 0 Å². The number of anilines is 1. The van der Waals surface area contributed by atoms with Gasteiger partial charge in [0.15, 0.2) is 0 Å². The van der Waals surface area contributed by atoms with Crippen LogP contribution in [-0.4, -0.2) is 41.2 Å². The van der Waals surface area contributed by atoms with Crippen molar-refractivity contribution in [2.45, 2.75) is 0 Å². The molecule has 0 aliphatic rings. The first-order valence-electron chi connectivity index (χ1n) is 4.66. The molecule has 0 saturated carbocycles. The lowest BCUT2D eigenvalue weighted by molar-refractivity contribution is -0.385. The van der Waals surface area contributed by atoms with Crippen LogP contribution in [0.3, 0.4) is 0 Å². The summed E-state index contributed by atoms with van der Waals surface area (Å²) in [6.45, 7) is 0.735. The maximum atomic E-state index is 10.9. The van der Waals surface area contributed by atoms with Gasteiger partial charge in [0, 0.05) is 19.7 Å². The SMILES string of the molecule is COCCNc1ncc([N+](=O)[O-])cc1C(=O)O. The lowest BCUT2D eigenvalue weighted by atomic mass is 10.2. The van der Waals surface area contributed by atoms with Gasteiger partial charge >= 0.3 is 5.97 Å². The number of carbonyl (C=O) groups is 1. The summed E-state index contributed by atoms with van der Waals surface area (Å²) < 4.78 is 4.78. The van der Waals surface area contributed by atoms with E-state index in [0.717, 1.165) is 12.3 Å². The molecule has 1 aromatic heterocycles. The van der Waals surface area contributed by atoms with Gasteiger partial charge in [0.05, 0.1) is 11.5 Å². The van der Waals surface area contributed by atoms with Crippen LogP contribution in [0.15, 0.2) is 12.3 Å². The highest BCUT2D eigenvalue weighted by Gasteiger charge is 2.16. The van der Waals surface area contributed by atoms with Gasteiger partial charge in [-0.3, -0.25) is 10.1 Å². The third-order valence-electron chi connectivity index (χ3n) is 1.91. The number of nitrogens with one attached hydrogen (secondary N) is 1. The molecule has 17 heavy (non-hydrogen) atoms. The van der Waals surface area contributed by atoms with Crippen LogP contribution in [-0.2, 0) is 4.74 Å². The van der Waals surface area contributed by atoms with Crippen molar-refractivity contribution in [2.24, 2.45) is 0 Å². The molecule has 2 N–H and O–H groups in total. The molecule has 1 rings (SSSR count). The number of ether oxygens (including phenoxy) is 1. The van der Waals surface area contributed by atoms with E-state index in [0.29, 0.717) is 13.2 Å². The fourth-order valence-corrected chi connectivity index (χ4v) is 1.13. The number of nitrogens with zero attached hydrogens (tertiary/aromatic N) is 2. The number of carboxylic acid groups (broad SMARTS) is 1. The molecule has 0 saturated heterocycles. The van der Waals surface area contributed by atoms with Gasteiger partial charge < -0.3 is 15.2 Å². The van der Waals surface area contributed by atoms with E-state index in [9.17, 15) is 14.9 Å². The smallest absolute Gasteiger partial charge is 0.339 e. The summed E-state index contributed by atoms with van der Waals surface area (Å²) in [6.07, 6.45) is 1.00. The summed E-state index contributed by atoms with van der Waals surface area (Å²) in [5.41, 5.74) is -0.602. The standard InChI is InChI=1S/C9H11N3O5/c1-17-3-2-10-8-7(9(13)14)4-6(5-11-8)12(15)16/h4-5H,2-3H2,1H3,(H,10,11)(H,13,14). The van der Waals surface area contributed by atoms with Gasteiger partial charge in [0.1, 0.15) is 17.6 Å². The second-order valence-electron chi connectivity index (χ2n) is 3.07. The van der Waals surface area contributed by atoms with Gasteiger partial charge in [-0.1, -0.05) is 0 Å². The van der Waals surface area contributed by atoms with Crippen molar-refractivity contribution >= 4 is 17.5 Å². The second kappa shape index (κ2) is 5.75. The van der Waals surface area contributed by atoms with Crippen molar-refractivity contribution in [3.05, 3.63) is 27.9 Å². The monoisotopic (exact) mass is 241 g/mol. The highest BCUT2D eigenvalue weighted by molar-refractivity contribution is 5.93. The molecule has 0 bridgehead atoms. The first-order chi connectivity index (χ1) is 8.06. The fraction of sp³-hybridized carbons (Fsp3) is 0.333. The van der Waals surface area contributed by atoms with Gasteiger partial charge in [-0.05, 0) is 0 Å². The van der Waals surface area contributed by atoms with Gasteiger partial charge in [-0.25, -0.2) is 9.78 Å². The molecule has 0 fully saturated rings. The average molecular weight is 241 g/mol. The van der Waals surface area contributed by atoms with Crippen molar-refractivity contribution in [3.63, 3.8) is 0 Å². The summed E-state index contributed by atoms with van der Waals surface area (Å²) in [7, 11) is 1.50. The van der Waals surface area contributed by atoms with E-state index < -0.39 is 10.9 Å². The molecule has 92 valence electrons. The Labute approximate surface area is 96.4 Å². The van der Waals surface area contributed by atoms with Gasteiger partial charge in [-0.2, -0.15) is 0 Å². The number of pyridine rings is 1. The summed E-state index contributed by atoms with van der Waals surface area (Å²) in [4.78, 5) is 24.4. The number of hydrogen-bond acceptors (Lipinski definition) is 6. The molecule has 1 aromatic rings. The van der Waals surface area contributed by atoms with Crippen LogP contribution in [0.4, 0.5) is 11.5 Å². The third-order valence-corrected chi connectivity index (χ3v) is 1.91. The molecular weight excluding hydrogens is 230 g/mol. The molecule has 0 aromatic carbocycles. The Bertz CT molecular complexity index is 435. The highest BCUT2D eigenvalue weighted by Crippen LogP contribution is 2.18. The molecule has 0 atom stereocenters. The van der Waals surface area contributed by atoms with Crippen molar-refractivity contribution in [3.8, 4) is 0 Å². The molecule has 1 heterocycles. The Balaban J connectivity index is 2.96. The number of aromatic carboxylic acids is 1. The van der Waals surface area contributed by atoms with Crippen LogP contribution >= 0.6 is 0 Å². The first kappa shape index (κ1) is 12.8. The second-order valence-corrected chi connectivity index (χ2v) is 3.07. The van der Waals surface area contributed by atoms with Crippen molar-refractivity contribution in [1.82, 2.24) is 4.98 Å². The number of carboxylic acids is 1. The summed E-state index contributed by atoms with van der Waals surface area (Å²) >= 11 is 0. The first-order valence-corrected chi connectivity index (χ1v) is 4.66. The van der Waals surface area contributed by atoms with Crippen molar-refractivity contribution in [1.29, 1.82) is 0 Å². The largest absolute Gasteiger partial charge is 0.478 e. The van der Waals surface area contributed by atoms with E-state index in [1.165, 1.54) is 7.11 Å². The highest BCUT2D eigenvalue weighted by atomic mass is 16.6. The van der Waals surface area contributed by atoms with Gasteiger partial charge in [-0.15, -0.1) is 0 Å². The molecule has 0 radical (unpaired) electrons. The average Bonchev–Trinajstić information content (AvgIpc) is 2.29. The van der Waals surface area contributed by atoms with E-state index in [4.69, 9.17) is 9.84 Å². The third kappa shape index (κ3) is 3.38. The maximum Gasteiger partial charge on any atom is 0.339 e. The molecular formula is C9H11N3O5. The minimum Gasteiger partial charge on any atom is -0.478 e. The zero-order chi connectivity index (χ0) is 12.8. The lowest BCUT2D eigenvalue weighted by Crippen LogP contribution is -2.13. The Hall–Kier alpha value is -2.22. The van der Waals surface area contributed by atoms with Crippen LogP contribution < -0.4 is 5.32 Å². The van der Waals surface area contributed by atoms with Crippen molar-refractivity contribution in [2.75, 3.05) is 25.6 Å². The minimum atomic E-state index is -1.28. The quantitative estimate of drug-likeness (QED) is 0.429. The molecule has 0 spiro atoms. The van der Waals surface area contributed by atoms with E-state index in [1.54, 1.807) is 0 Å². The Morgan fingerprint density at radius 2 is 2.41 bits per heavy atom. The zero-order valence-electron chi connectivity index (χ0n) is 9.04. The number of aromatic nitrogens is 1. The molecule has 8 nitrogen and oxygen atoms in total. The van der Waals surface area contributed by atoms with E-state index in [-0.39, 0.29) is 17.1 Å². The van der Waals surface area contributed by atoms with Crippen LogP contribution in [0.1, 0.15) is 10.4 Å². The van der Waals surface area contributed by atoms with Crippen LogP contribution in [0.5, 0.6) is 0 Å². The van der Waals surface area contributed by atoms with E-state index in [1.807, 2.05) is 0 Å². The molecule has 8 heteroatoms. The predicted molar refractivity (Wildman–Crippen MR) is 58.2 cm³/mol. The maximum absolute atomic E-state index is 10.9. The van der Waals surface area contributed by atoms with Gasteiger partial charge in [0.25, 0.3) is 5.69 Å². The fourth-order valence-electron chi connectivity index (χ4n) is 1.13. The Morgan fingerprint density at radius 3 is 2.94 bits per heavy atom. The van der Waals surface area contributed by atoms with Gasteiger partial charge in [0.2, 0.25) is 0 Å². The predicted octanol–water partition coefficient (Wildman–Crippen LogP) is 0.746. The summed E-state index contributed by atoms with van der Waals surface area (Å²) in [6, 6.07) is 0.963. The Kier molecular flexibility index (Phi) is 4.35. The van der Waals surface area contributed by atoms with E-state index in [2.05, 4.69) is 10.3 Å². The lowest BCUT2D eigenvalue weighted by Gasteiger charge is -2.07. The molecule has 0 amide bonds. The Morgan fingerprint density at radius 1 is 1.71 bits per heavy atom. The normalized spacial score (nSPS) is 9.94. The van der Waals surface area contributed by atoms with Crippen molar-refractivity contribution < 1.29 is 19.6 Å². The summed E-state index contributed by atoms with van der Waals surface area (Å²) in [5.74, 6) is -1.19. The molecule has 0 unspecified atom stereocenters. The van der Waals surface area contributed by atoms with Crippen LogP contribution in [0.2, 0.25) is 0 Å². The zero-order valence-corrected chi connectivity index (χ0v) is 9.04. The summed E-state index contributed by atoms with van der Waals surface area (Å²) in [5, 5.41) is 22.1. The number of hydrogen-bond donors (Lipinski definition) is 2. The molecule has 0 aliphatic heterocycles. The van der Waals surface area contributed by atoms with E-state index >= 15 is 0 Å². The van der Waals surface area contributed by atoms with Crippen LogP contribution in [0, 0.1) is 10.1 Å².